The molecule has 0 N–H and O–H groups in total. The maximum absolute atomic E-state index is 12.5. The van der Waals surface area contributed by atoms with Crippen LogP contribution in [0.5, 0.6) is 0 Å². The number of benzene rings is 1. The van der Waals surface area contributed by atoms with Crippen LogP contribution in [-0.2, 0) is 14.3 Å². The van der Waals surface area contributed by atoms with Crippen molar-refractivity contribution in [3.63, 3.8) is 0 Å². The van der Waals surface area contributed by atoms with Crippen molar-refractivity contribution in [3.05, 3.63) is 29.3 Å². The molecule has 1 aromatic heterocycles. The number of esters is 1. The van der Waals surface area contributed by atoms with Crippen LogP contribution in [0.15, 0.2) is 29.4 Å². The van der Waals surface area contributed by atoms with Crippen molar-refractivity contribution in [1.82, 2.24) is 25.1 Å². The zero-order valence-electron chi connectivity index (χ0n) is 13.9. The summed E-state index contributed by atoms with van der Waals surface area (Å²) in [7, 11) is 1.36. The van der Waals surface area contributed by atoms with E-state index >= 15 is 0 Å². The molecule has 0 bridgehead atoms. The van der Waals surface area contributed by atoms with E-state index < -0.39 is 0 Å². The first kappa shape index (κ1) is 19.0. The number of ether oxygens (including phenoxy) is 1. The molecule has 0 radical (unpaired) electrons. The summed E-state index contributed by atoms with van der Waals surface area (Å²) in [5.41, 5.74) is 0.720. The Morgan fingerprint density at radius 1 is 1.46 bits per heavy atom. The summed E-state index contributed by atoms with van der Waals surface area (Å²) in [5.74, 6) is 0.519. The Kier molecular flexibility index (Phi) is 6.38. The summed E-state index contributed by atoms with van der Waals surface area (Å²) in [6.45, 7) is 0.965. The van der Waals surface area contributed by atoms with Gasteiger partial charge >= 0.3 is 5.97 Å². The van der Waals surface area contributed by atoms with E-state index in [0.717, 1.165) is 5.69 Å². The second-order valence-corrected chi connectivity index (χ2v) is 8.05. The maximum Gasteiger partial charge on any atom is 0.320 e. The van der Waals surface area contributed by atoms with E-state index in [9.17, 15) is 9.59 Å². The number of rotatable bonds is 5. The molecule has 2 heterocycles. The third-order valence-corrected chi connectivity index (χ3v) is 6.00. The summed E-state index contributed by atoms with van der Waals surface area (Å²) >= 11 is 8.76. The Bertz CT molecular complexity index is 803. The SMILES string of the molecule is COC(=O)[C@@H]1CN(C(=O)CSc2nnnn2-c2cccc(Cl)c2)CCS1. The smallest absolute Gasteiger partial charge is 0.320 e. The standard InChI is InChI=1S/C15H16ClN5O3S2/c1-24-14(23)12-8-20(5-6-25-12)13(22)9-26-15-17-18-19-21(15)11-4-2-3-10(16)7-11/h2-4,7,12H,5-6,8-9H2,1H3/t12-/m0/s1. The average Bonchev–Trinajstić information content (AvgIpc) is 3.14. The molecule has 2 aromatic rings. The molecule has 0 unspecified atom stereocenters. The number of halogens is 1. The third kappa shape index (κ3) is 4.49. The Labute approximate surface area is 163 Å². The van der Waals surface area contributed by atoms with Crippen molar-refractivity contribution in [2.75, 3.05) is 31.7 Å². The van der Waals surface area contributed by atoms with Crippen molar-refractivity contribution in [2.24, 2.45) is 0 Å². The molecule has 1 atom stereocenters. The van der Waals surface area contributed by atoms with Crippen LogP contribution in [0.3, 0.4) is 0 Å². The van der Waals surface area contributed by atoms with Gasteiger partial charge in [-0.05, 0) is 28.6 Å². The van der Waals surface area contributed by atoms with Gasteiger partial charge in [0, 0.05) is 23.9 Å². The Hall–Kier alpha value is -1.78. The lowest BCUT2D eigenvalue weighted by Gasteiger charge is -2.30. The second kappa shape index (κ2) is 8.74. The number of hydrogen-bond donors (Lipinski definition) is 0. The molecular formula is C15H16ClN5O3S2. The van der Waals surface area contributed by atoms with E-state index in [0.29, 0.717) is 29.0 Å². The molecule has 0 spiro atoms. The average molecular weight is 414 g/mol. The van der Waals surface area contributed by atoms with Crippen LogP contribution in [0.4, 0.5) is 0 Å². The monoisotopic (exact) mass is 413 g/mol. The Balaban J connectivity index is 1.62. The molecule has 8 nitrogen and oxygen atoms in total. The highest BCUT2D eigenvalue weighted by Crippen LogP contribution is 2.23. The summed E-state index contributed by atoms with van der Waals surface area (Å²) in [5, 5.41) is 12.3. The highest BCUT2D eigenvalue weighted by Gasteiger charge is 2.29. The fourth-order valence-electron chi connectivity index (χ4n) is 2.41. The van der Waals surface area contributed by atoms with Crippen molar-refractivity contribution in [3.8, 4) is 5.69 Å². The van der Waals surface area contributed by atoms with Crippen LogP contribution in [0.2, 0.25) is 5.02 Å². The minimum absolute atomic E-state index is 0.0650. The van der Waals surface area contributed by atoms with E-state index in [1.54, 1.807) is 23.1 Å². The predicted molar refractivity (Wildman–Crippen MR) is 99.7 cm³/mol. The van der Waals surface area contributed by atoms with Gasteiger partial charge in [0.05, 0.1) is 18.6 Å². The molecule has 138 valence electrons. The van der Waals surface area contributed by atoms with Crippen molar-refractivity contribution in [2.45, 2.75) is 10.4 Å². The number of nitrogens with zero attached hydrogens (tertiary/aromatic N) is 5. The molecule has 1 aliphatic rings. The van der Waals surface area contributed by atoms with Crippen molar-refractivity contribution >= 4 is 47.0 Å². The zero-order valence-corrected chi connectivity index (χ0v) is 16.3. The van der Waals surface area contributed by atoms with Gasteiger partial charge in [0.1, 0.15) is 5.25 Å². The number of methoxy groups -OCH3 is 1. The van der Waals surface area contributed by atoms with Gasteiger partial charge in [0.2, 0.25) is 11.1 Å². The molecule has 1 fully saturated rings. The number of hydrogen-bond acceptors (Lipinski definition) is 8. The van der Waals surface area contributed by atoms with Gasteiger partial charge in [0.25, 0.3) is 0 Å². The third-order valence-electron chi connectivity index (χ3n) is 3.70. The van der Waals surface area contributed by atoms with Crippen LogP contribution < -0.4 is 0 Å². The predicted octanol–water partition coefficient (Wildman–Crippen LogP) is 1.52. The number of amides is 1. The van der Waals surface area contributed by atoms with Crippen LogP contribution in [0.1, 0.15) is 0 Å². The molecule has 11 heteroatoms. The number of thioether (sulfide) groups is 2. The summed E-state index contributed by atoms with van der Waals surface area (Å²) < 4.78 is 6.30. The Morgan fingerprint density at radius 3 is 3.08 bits per heavy atom. The fraction of sp³-hybridized carbons (Fsp3) is 0.400. The zero-order chi connectivity index (χ0) is 18.5. The largest absolute Gasteiger partial charge is 0.468 e. The molecule has 1 saturated heterocycles. The Morgan fingerprint density at radius 2 is 2.31 bits per heavy atom. The lowest BCUT2D eigenvalue weighted by atomic mass is 10.3. The van der Waals surface area contributed by atoms with E-state index in [2.05, 4.69) is 15.5 Å². The van der Waals surface area contributed by atoms with Crippen LogP contribution in [0.25, 0.3) is 5.69 Å². The lowest BCUT2D eigenvalue weighted by Crippen LogP contribution is -2.45. The van der Waals surface area contributed by atoms with Gasteiger partial charge in [0.15, 0.2) is 0 Å². The van der Waals surface area contributed by atoms with E-state index in [-0.39, 0.29) is 22.9 Å². The van der Waals surface area contributed by atoms with Crippen LogP contribution in [-0.4, -0.2) is 73.9 Å². The van der Waals surface area contributed by atoms with Crippen LogP contribution in [0, 0.1) is 0 Å². The van der Waals surface area contributed by atoms with Gasteiger partial charge in [-0.2, -0.15) is 4.68 Å². The molecule has 1 aromatic carbocycles. The summed E-state index contributed by atoms with van der Waals surface area (Å²) in [4.78, 5) is 25.9. The lowest BCUT2D eigenvalue weighted by molar-refractivity contribution is -0.141. The minimum Gasteiger partial charge on any atom is -0.468 e. The molecule has 26 heavy (non-hydrogen) atoms. The number of tetrazole rings is 1. The maximum atomic E-state index is 12.5. The van der Waals surface area contributed by atoms with Gasteiger partial charge in [-0.15, -0.1) is 16.9 Å². The van der Waals surface area contributed by atoms with E-state index in [4.69, 9.17) is 16.3 Å². The van der Waals surface area contributed by atoms with Gasteiger partial charge in [-0.1, -0.05) is 29.4 Å². The summed E-state index contributed by atoms with van der Waals surface area (Å²) in [6.07, 6.45) is 0. The minimum atomic E-state index is -0.334. The van der Waals surface area contributed by atoms with Gasteiger partial charge < -0.3 is 9.64 Å². The summed E-state index contributed by atoms with van der Waals surface area (Å²) in [6, 6.07) is 7.14. The first-order valence-electron chi connectivity index (χ1n) is 7.73. The first-order chi connectivity index (χ1) is 12.6. The van der Waals surface area contributed by atoms with Crippen molar-refractivity contribution in [1.29, 1.82) is 0 Å². The van der Waals surface area contributed by atoms with Gasteiger partial charge in [-0.3, -0.25) is 9.59 Å². The van der Waals surface area contributed by atoms with Gasteiger partial charge in [-0.25, -0.2) is 0 Å². The fourth-order valence-corrected chi connectivity index (χ4v) is 4.51. The second-order valence-electron chi connectivity index (χ2n) is 5.36. The van der Waals surface area contributed by atoms with E-state index in [1.165, 1.54) is 35.3 Å². The molecule has 0 aliphatic carbocycles. The number of carbonyl (C=O) groups excluding carboxylic acids is 2. The van der Waals surface area contributed by atoms with E-state index in [1.807, 2.05) is 6.07 Å². The first-order valence-corrected chi connectivity index (χ1v) is 10.1. The highest BCUT2D eigenvalue weighted by molar-refractivity contribution is 8.00. The molecule has 3 rings (SSSR count). The topological polar surface area (TPSA) is 90.2 Å². The van der Waals surface area contributed by atoms with Crippen molar-refractivity contribution < 1.29 is 14.3 Å². The number of carbonyl (C=O) groups is 2. The molecular weight excluding hydrogens is 398 g/mol. The number of aromatic nitrogens is 4. The highest BCUT2D eigenvalue weighted by atomic mass is 35.5. The molecule has 1 aliphatic heterocycles. The normalized spacial score (nSPS) is 17.2. The molecule has 1 amide bonds. The van der Waals surface area contributed by atoms with Crippen LogP contribution >= 0.6 is 35.1 Å². The molecule has 0 saturated carbocycles. The quantitative estimate of drug-likeness (QED) is 0.538.